The van der Waals surface area contributed by atoms with Gasteiger partial charge in [0, 0.05) is 44.6 Å². The second-order valence-electron chi connectivity index (χ2n) is 5.76. The minimum absolute atomic E-state index is 0.0345. The molecule has 134 valence electrons. The maximum absolute atomic E-state index is 12.1. The molecule has 0 radical (unpaired) electrons. The van der Waals surface area contributed by atoms with Crippen molar-refractivity contribution in [1.29, 1.82) is 0 Å². The lowest BCUT2D eigenvalue weighted by molar-refractivity contribution is -0.136. The number of hydrogen-bond donors (Lipinski definition) is 2. The molecule has 2 amide bonds. The van der Waals surface area contributed by atoms with Crippen LogP contribution < -0.4 is 10.6 Å². The number of aryl methyl sites for hydroxylation is 1. The van der Waals surface area contributed by atoms with E-state index in [9.17, 15) is 9.59 Å². The van der Waals surface area contributed by atoms with E-state index in [4.69, 9.17) is 4.74 Å². The minimum Gasteiger partial charge on any atom is -0.379 e. The van der Waals surface area contributed by atoms with E-state index in [2.05, 4.69) is 25.2 Å². The van der Waals surface area contributed by atoms with Crippen LogP contribution in [0.25, 0.3) is 0 Å². The maximum Gasteiger partial charge on any atom is 0.314 e. The first kappa shape index (κ1) is 17.2. The highest BCUT2D eigenvalue weighted by Gasteiger charge is 2.26. The van der Waals surface area contributed by atoms with E-state index in [0.29, 0.717) is 19.8 Å². The van der Waals surface area contributed by atoms with Crippen molar-refractivity contribution < 1.29 is 18.8 Å². The third kappa shape index (κ3) is 4.25. The van der Waals surface area contributed by atoms with Gasteiger partial charge in [0.15, 0.2) is 5.82 Å². The summed E-state index contributed by atoms with van der Waals surface area (Å²) in [5.41, 5.74) is 1.07. The quantitative estimate of drug-likeness (QED) is 0.746. The SMILES string of the molecule is Cn1cccc1[C@@H](CNC(=O)C(=O)Nc1ccon1)N1CCOCC1. The number of amides is 2. The van der Waals surface area contributed by atoms with Gasteiger partial charge in [0.1, 0.15) is 6.26 Å². The summed E-state index contributed by atoms with van der Waals surface area (Å²) in [4.78, 5) is 26.2. The summed E-state index contributed by atoms with van der Waals surface area (Å²) in [5, 5.41) is 8.63. The van der Waals surface area contributed by atoms with E-state index in [1.165, 1.54) is 12.3 Å². The van der Waals surface area contributed by atoms with Crippen LogP contribution in [0.2, 0.25) is 0 Å². The van der Waals surface area contributed by atoms with Gasteiger partial charge in [-0.1, -0.05) is 5.16 Å². The van der Waals surface area contributed by atoms with Crippen molar-refractivity contribution in [3.8, 4) is 0 Å². The Hall–Kier alpha value is -2.65. The van der Waals surface area contributed by atoms with Crippen molar-refractivity contribution in [3.05, 3.63) is 36.4 Å². The highest BCUT2D eigenvalue weighted by atomic mass is 16.5. The molecule has 2 N–H and O–H groups in total. The van der Waals surface area contributed by atoms with Crippen LogP contribution >= 0.6 is 0 Å². The van der Waals surface area contributed by atoms with Gasteiger partial charge in [-0.25, -0.2) is 0 Å². The molecule has 0 unspecified atom stereocenters. The number of nitrogens with zero attached hydrogens (tertiary/aromatic N) is 3. The lowest BCUT2D eigenvalue weighted by Crippen LogP contribution is -2.46. The Morgan fingerprint density at radius 1 is 1.28 bits per heavy atom. The molecule has 1 atom stereocenters. The molecular weight excluding hydrogens is 326 g/mol. The number of ether oxygens (including phenoxy) is 1. The zero-order chi connectivity index (χ0) is 17.6. The molecule has 0 aliphatic carbocycles. The standard InChI is InChI=1S/C16H21N5O4/c1-20-5-2-3-12(20)13(21-6-9-24-10-7-21)11-17-15(22)16(23)18-14-4-8-25-19-14/h2-5,8,13H,6-7,9-11H2,1H3,(H,17,22)(H,18,19,23)/t13-/m1/s1. The van der Waals surface area contributed by atoms with Gasteiger partial charge in [-0.15, -0.1) is 0 Å². The number of morpholine rings is 1. The maximum atomic E-state index is 12.1. The molecule has 1 fully saturated rings. The van der Waals surface area contributed by atoms with Crippen LogP contribution in [0.3, 0.4) is 0 Å². The van der Waals surface area contributed by atoms with Crippen LogP contribution in [0.15, 0.2) is 35.2 Å². The Morgan fingerprint density at radius 2 is 2.08 bits per heavy atom. The van der Waals surface area contributed by atoms with Crippen molar-refractivity contribution >= 4 is 17.6 Å². The van der Waals surface area contributed by atoms with Crippen molar-refractivity contribution in [1.82, 2.24) is 19.9 Å². The van der Waals surface area contributed by atoms with E-state index in [1.54, 1.807) is 0 Å². The molecule has 3 rings (SSSR count). The highest BCUT2D eigenvalue weighted by molar-refractivity contribution is 6.39. The van der Waals surface area contributed by atoms with Gasteiger partial charge < -0.3 is 19.1 Å². The normalized spacial score (nSPS) is 16.4. The summed E-state index contributed by atoms with van der Waals surface area (Å²) in [6.07, 6.45) is 3.28. The number of anilines is 1. The number of aromatic nitrogens is 2. The summed E-state index contributed by atoms with van der Waals surface area (Å²) >= 11 is 0. The highest BCUT2D eigenvalue weighted by Crippen LogP contribution is 2.21. The molecule has 2 aromatic heterocycles. The fourth-order valence-electron chi connectivity index (χ4n) is 2.85. The Bertz CT molecular complexity index is 706. The van der Waals surface area contributed by atoms with E-state index in [-0.39, 0.29) is 11.9 Å². The molecule has 3 heterocycles. The molecular formula is C16H21N5O4. The van der Waals surface area contributed by atoms with Crippen LogP contribution in [0.4, 0.5) is 5.82 Å². The van der Waals surface area contributed by atoms with Crippen LogP contribution in [0, 0.1) is 0 Å². The van der Waals surface area contributed by atoms with Gasteiger partial charge in [0.2, 0.25) is 0 Å². The molecule has 25 heavy (non-hydrogen) atoms. The molecule has 9 heteroatoms. The Kier molecular flexibility index (Phi) is 5.46. The van der Waals surface area contributed by atoms with Crippen molar-refractivity contribution in [2.45, 2.75) is 6.04 Å². The first-order valence-corrected chi connectivity index (χ1v) is 8.07. The third-order valence-electron chi connectivity index (χ3n) is 4.15. The van der Waals surface area contributed by atoms with Gasteiger partial charge in [-0.05, 0) is 12.1 Å². The first-order chi connectivity index (χ1) is 12.1. The lowest BCUT2D eigenvalue weighted by atomic mass is 10.1. The van der Waals surface area contributed by atoms with E-state index in [1.807, 2.05) is 29.9 Å². The number of carbonyl (C=O) groups is 2. The second-order valence-corrected chi connectivity index (χ2v) is 5.76. The molecule has 0 aromatic carbocycles. The zero-order valence-electron chi connectivity index (χ0n) is 14.0. The van der Waals surface area contributed by atoms with E-state index < -0.39 is 11.8 Å². The summed E-state index contributed by atoms with van der Waals surface area (Å²) in [6.45, 7) is 3.18. The van der Waals surface area contributed by atoms with Gasteiger partial charge in [0.25, 0.3) is 0 Å². The number of rotatable bonds is 5. The molecule has 2 aromatic rings. The number of nitrogens with one attached hydrogen (secondary N) is 2. The van der Waals surface area contributed by atoms with E-state index in [0.717, 1.165) is 18.8 Å². The molecule has 0 saturated carbocycles. The van der Waals surface area contributed by atoms with Crippen molar-refractivity contribution in [2.75, 3.05) is 38.2 Å². The van der Waals surface area contributed by atoms with Crippen LogP contribution in [-0.2, 0) is 21.4 Å². The fraction of sp³-hybridized carbons (Fsp3) is 0.438. The van der Waals surface area contributed by atoms with E-state index >= 15 is 0 Å². The number of hydrogen-bond acceptors (Lipinski definition) is 6. The zero-order valence-corrected chi connectivity index (χ0v) is 14.0. The molecule has 1 aliphatic heterocycles. The molecule has 1 saturated heterocycles. The monoisotopic (exact) mass is 347 g/mol. The lowest BCUT2D eigenvalue weighted by Gasteiger charge is -2.34. The summed E-state index contributed by atoms with van der Waals surface area (Å²) in [7, 11) is 1.96. The van der Waals surface area contributed by atoms with Crippen molar-refractivity contribution in [2.24, 2.45) is 7.05 Å². The predicted octanol–water partition coefficient (Wildman–Crippen LogP) is 0.141. The Labute approximate surface area is 144 Å². The van der Waals surface area contributed by atoms with Gasteiger partial charge >= 0.3 is 11.8 Å². The first-order valence-electron chi connectivity index (χ1n) is 8.07. The number of carbonyl (C=O) groups excluding carboxylic acids is 2. The van der Waals surface area contributed by atoms with Crippen LogP contribution in [0.5, 0.6) is 0 Å². The summed E-state index contributed by atoms with van der Waals surface area (Å²) in [5.74, 6) is -1.29. The predicted molar refractivity (Wildman–Crippen MR) is 88.7 cm³/mol. The molecule has 1 aliphatic rings. The second kappa shape index (κ2) is 7.95. The van der Waals surface area contributed by atoms with Crippen molar-refractivity contribution in [3.63, 3.8) is 0 Å². The van der Waals surface area contributed by atoms with Gasteiger partial charge in [-0.2, -0.15) is 0 Å². The largest absolute Gasteiger partial charge is 0.379 e. The van der Waals surface area contributed by atoms with Crippen LogP contribution in [-0.4, -0.2) is 59.3 Å². The topological polar surface area (TPSA) is 102 Å². The fourth-order valence-corrected chi connectivity index (χ4v) is 2.85. The average molecular weight is 347 g/mol. The smallest absolute Gasteiger partial charge is 0.314 e. The van der Waals surface area contributed by atoms with Gasteiger partial charge in [0.05, 0.1) is 19.3 Å². The minimum atomic E-state index is -0.776. The molecule has 0 bridgehead atoms. The van der Waals surface area contributed by atoms with Crippen LogP contribution in [0.1, 0.15) is 11.7 Å². The Morgan fingerprint density at radius 3 is 2.72 bits per heavy atom. The molecule has 9 nitrogen and oxygen atoms in total. The summed E-state index contributed by atoms with van der Waals surface area (Å²) in [6, 6.07) is 5.41. The summed E-state index contributed by atoms with van der Waals surface area (Å²) < 4.78 is 12.0. The Balaban J connectivity index is 1.62. The van der Waals surface area contributed by atoms with Gasteiger partial charge in [-0.3, -0.25) is 19.8 Å². The molecule has 0 spiro atoms. The third-order valence-corrected chi connectivity index (χ3v) is 4.15. The average Bonchev–Trinajstić information content (AvgIpc) is 3.28.